The predicted molar refractivity (Wildman–Crippen MR) is 116 cm³/mol. The van der Waals surface area contributed by atoms with E-state index in [1.165, 1.54) is 40.9 Å². The Morgan fingerprint density at radius 3 is 2.39 bits per heavy atom. The summed E-state index contributed by atoms with van der Waals surface area (Å²) in [4.78, 5) is 18.2. The summed E-state index contributed by atoms with van der Waals surface area (Å²) >= 11 is 7.04. The Kier molecular flexibility index (Phi) is 6.11. The van der Waals surface area contributed by atoms with Gasteiger partial charge in [0, 0.05) is 12.0 Å². The van der Waals surface area contributed by atoms with Crippen molar-refractivity contribution < 1.29 is 31.6 Å². The van der Waals surface area contributed by atoms with Crippen molar-refractivity contribution in [3.8, 4) is 0 Å². The van der Waals surface area contributed by atoms with E-state index in [0.29, 0.717) is 11.1 Å². The van der Waals surface area contributed by atoms with Crippen molar-refractivity contribution in [2.45, 2.75) is 23.9 Å². The molecule has 4 rings (SSSR count). The smallest absolute Gasteiger partial charge is 0.374 e. The monoisotopic (exact) mass is 504 g/mol. The molecule has 1 amide bonds. The molecule has 0 aliphatic carbocycles. The highest BCUT2D eigenvalue weighted by Crippen LogP contribution is 2.49. The molecule has 33 heavy (non-hydrogen) atoms. The van der Waals surface area contributed by atoms with E-state index >= 15 is 4.39 Å². The zero-order valence-corrected chi connectivity index (χ0v) is 18.8. The van der Waals surface area contributed by atoms with Gasteiger partial charge in [0.2, 0.25) is 5.91 Å². The van der Waals surface area contributed by atoms with Gasteiger partial charge in [-0.3, -0.25) is 4.79 Å². The number of halogens is 6. The molecule has 0 radical (unpaired) electrons. The number of alkyl halides is 4. The molecule has 1 atom stereocenters. The molecule has 0 spiro atoms. The second kappa shape index (κ2) is 8.47. The van der Waals surface area contributed by atoms with E-state index in [0.717, 1.165) is 18.2 Å². The van der Waals surface area contributed by atoms with E-state index in [1.54, 1.807) is 6.26 Å². The minimum absolute atomic E-state index is 0.0117. The first kappa shape index (κ1) is 23.8. The zero-order valence-electron chi connectivity index (χ0n) is 17.3. The molecule has 0 aromatic heterocycles. The van der Waals surface area contributed by atoms with Crippen LogP contribution in [0.15, 0.2) is 47.6 Å². The van der Waals surface area contributed by atoms with Crippen LogP contribution in [-0.4, -0.2) is 47.8 Å². The van der Waals surface area contributed by atoms with Gasteiger partial charge in [0.05, 0.1) is 29.6 Å². The first-order chi connectivity index (χ1) is 15.5. The molecule has 0 bridgehead atoms. The molecule has 2 aromatic carbocycles. The molecule has 176 valence electrons. The molecular formula is C22H18ClF5N2O2S. The fraction of sp³-hybridized carbons (Fsp3) is 0.364. The van der Waals surface area contributed by atoms with Gasteiger partial charge in [-0.25, -0.2) is 8.78 Å². The Morgan fingerprint density at radius 1 is 1.18 bits per heavy atom. The fourth-order valence-corrected chi connectivity index (χ4v) is 4.51. The number of oxime groups is 1. The molecule has 0 saturated carbocycles. The summed E-state index contributed by atoms with van der Waals surface area (Å²) in [6.45, 7) is -0.142. The second-order valence-electron chi connectivity index (χ2n) is 7.99. The van der Waals surface area contributed by atoms with Gasteiger partial charge in [-0.15, -0.1) is 0 Å². The summed E-state index contributed by atoms with van der Waals surface area (Å²) in [5, 5.41) is 3.19. The summed E-state index contributed by atoms with van der Waals surface area (Å²) in [5.41, 5.74) is -4.23. The second-order valence-corrected chi connectivity index (χ2v) is 9.26. The Balaban J connectivity index is 1.53. The summed E-state index contributed by atoms with van der Waals surface area (Å²) in [7, 11) is 0. The van der Waals surface area contributed by atoms with Crippen molar-refractivity contribution in [3.05, 3.63) is 70.0 Å². The average Bonchev–Trinajstić information content (AvgIpc) is 3.20. The summed E-state index contributed by atoms with van der Waals surface area (Å²) in [6, 6.07) is 8.55. The summed E-state index contributed by atoms with van der Waals surface area (Å²) in [5.74, 6) is -0.721. The minimum atomic E-state index is -4.86. The minimum Gasteiger partial charge on any atom is -0.374 e. The molecule has 2 aliphatic heterocycles. The molecule has 0 N–H and O–H groups in total. The summed E-state index contributed by atoms with van der Waals surface area (Å²) in [6.07, 6.45) is -3.73. The lowest BCUT2D eigenvalue weighted by atomic mass is 9.85. The zero-order chi connectivity index (χ0) is 24.0. The average molecular weight is 505 g/mol. The van der Waals surface area contributed by atoms with Crippen LogP contribution < -0.4 is 0 Å². The third-order valence-corrected chi connectivity index (χ3v) is 6.64. The van der Waals surface area contributed by atoms with E-state index in [2.05, 4.69) is 5.16 Å². The van der Waals surface area contributed by atoms with Crippen molar-refractivity contribution in [3.63, 3.8) is 0 Å². The molecular weight excluding hydrogens is 487 g/mol. The topological polar surface area (TPSA) is 41.9 Å². The van der Waals surface area contributed by atoms with Crippen molar-refractivity contribution in [2.75, 3.05) is 25.1 Å². The van der Waals surface area contributed by atoms with E-state index in [1.807, 2.05) is 0 Å². The predicted octanol–water partition coefficient (Wildman–Crippen LogP) is 5.43. The number of likely N-dealkylation sites (tertiary alicyclic amines) is 1. The number of hydrogen-bond acceptors (Lipinski definition) is 4. The van der Waals surface area contributed by atoms with Crippen LogP contribution in [-0.2, 0) is 20.9 Å². The highest BCUT2D eigenvalue weighted by molar-refractivity contribution is 7.99. The van der Waals surface area contributed by atoms with Crippen LogP contribution >= 0.6 is 23.4 Å². The maximum atomic E-state index is 15.1. The molecule has 2 aromatic rings. The van der Waals surface area contributed by atoms with Crippen molar-refractivity contribution in [1.82, 2.24) is 4.90 Å². The van der Waals surface area contributed by atoms with Gasteiger partial charge in [0.15, 0.2) is 5.67 Å². The molecule has 2 heterocycles. The van der Waals surface area contributed by atoms with Crippen molar-refractivity contribution in [2.24, 2.45) is 5.16 Å². The largest absolute Gasteiger partial charge is 0.435 e. The van der Waals surface area contributed by atoms with Gasteiger partial charge in [0.1, 0.15) is 5.82 Å². The van der Waals surface area contributed by atoms with Crippen LogP contribution in [0.25, 0.3) is 0 Å². The number of carbonyl (C=O) groups is 1. The van der Waals surface area contributed by atoms with E-state index in [9.17, 15) is 22.4 Å². The normalized spacial score (nSPS) is 21.9. The number of nitrogens with zero attached hydrogens (tertiary/aromatic N) is 2. The fourth-order valence-electron chi connectivity index (χ4n) is 3.90. The highest BCUT2D eigenvalue weighted by Gasteiger charge is 2.62. The maximum Gasteiger partial charge on any atom is 0.435 e. The molecule has 11 heteroatoms. The van der Waals surface area contributed by atoms with Gasteiger partial charge < -0.3 is 9.74 Å². The number of hydrogen-bond donors (Lipinski definition) is 0. The van der Waals surface area contributed by atoms with Gasteiger partial charge >= 0.3 is 6.18 Å². The van der Waals surface area contributed by atoms with E-state index in [4.69, 9.17) is 16.4 Å². The lowest BCUT2D eigenvalue weighted by molar-refractivity contribution is -0.275. The Morgan fingerprint density at radius 2 is 1.82 bits per heavy atom. The van der Waals surface area contributed by atoms with Crippen LogP contribution in [0.2, 0.25) is 5.02 Å². The van der Waals surface area contributed by atoms with Gasteiger partial charge in [0.25, 0.3) is 5.60 Å². The van der Waals surface area contributed by atoms with Crippen molar-refractivity contribution in [1.29, 1.82) is 0 Å². The van der Waals surface area contributed by atoms with E-state index < -0.39 is 34.7 Å². The highest BCUT2D eigenvalue weighted by atomic mass is 35.5. The Hall–Kier alpha value is -2.33. The Bertz CT molecular complexity index is 1100. The van der Waals surface area contributed by atoms with Crippen LogP contribution in [0.4, 0.5) is 22.0 Å². The number of thioether (sulfide) groups is 1. The van der Waals surface area contributed by atoms with Gasteiger partial charge in [-0.2, -0.15) is 24.9 Å². The number of benzene rings is 2. The van der Waals surface area contributed by atoms with Crippen LogP contribution in [0.1, 0.15) is 23.1 Å². The molecule has 1 saturated heterocycles. The SMILES string of the molecule is CSCC(=O)N1CC(F)(c2ccc(C3=NOC(c4ccc(F)c(Cl)c4)(C(F)(F)F)C3)cc2)C1. The number of amides is 1. The molecule has 4 nitrogen and oxygen atoms in total. The summed E-state index contributed by atoms with van der Waals surface area (Å²) < 4.78 is 70.7. The Labute approximate surface area is 195 Å². The molecule has 1 unspecified atom stereocenters. The van der Waals surface area contributed by atoms with Gasteiger partial charge in [-0.05, 0) is 29.5 Å². The number of rotatable bonds is 5. The molecule has 1 fully saturated rings. The molecule has 2 aliphatic rings. The third kappa shape index (κ3) is 4.19. The first-order valence-corrected chi connectivity index (χ1v) is 11.6. The standard InChI is InChI=1S/C22H18ClF5N2O2S/c1-33-10-19(31)30-11-20(25,12-30)14-4-2-13(3-5-14)18-9-21(32-29-18,22(26,27)28)15-6-7-17(24)16(23)8-15/h2-8H,9-12H2,1H3. The quantitative estimate of drug-likeness (QED) is 0.510. The lowest BCUT2D eigenvalue weighted by Gasteiger charge is -2.44. The maximum absolute atomic E-state index is 15.1. The first-order valence-electron chi connectivity index (χ1n) is 9.83. The lowest BCUT2D eigenvalue weighted by Crippen LogP contribution is -2.59. The number of carbonyl (C=O) groups excluding carboxylic acids is 1. The van der Waals surface area contributed by atoms with Gasteiger partial charge in [-0.1, -0.05) is 47.1 Å². The van der Waals surface area contributed by atoms with Crippen molar-refractivity contribution >= 4 is 35.0 Å². The van der Waals surface area contributed by atoms with Crippen LogP contribution in [0.3, 0.4) is 0 Å². The van der Waals surface area contributed by atoms with E-state index in [-0.39, 0.29) is 36.0 Å². The third-order valence-electron chi connectivity index (χ3n) is 5.81. The van der Waals surface area contributed by atoms with Crippen LogP contribution in [0.5, 0.6) is 0 Å². The van der Waals surface area contributed by atoms with Crippen LogP contribution in [0, 0.1) is 5.82 Å².